The van der Waals surface area contributed by atoms with Gasteiger partial charge in [-0.25, -0.2) is 8.42 Å². The molecule has 2 unspecified atom stereocenters. The summed E-state index contributed by atoms with van der Waals surface area (Å²) < 4.78 is 30.1. The Morgan fingerprint density at radius 1 is 1.45 bits per heavy atom. The predicted octanol–water partition coefficient (Wildman–Crippen LogP) is 1.94. The standard InChI is InChI=1S/C15H20ClNO4S/c1-11(15(18)17-9-13-6-4-8-21-13)22(19,20)10-12-5-2-3-7-14(12)16/h2-3,5,7,11,13H,4,6,8-10H2,1H3,(H,17,18). The Morgan fingerprint density at radius 2 is 2.18 bits per heavy atom. The Bertz CT molecular complexity index is 626. The molecule has 0 aromatic heterocycles. The first-order valence-electron chi connectivity index (χ1n) is 7.24. The molecule has 1 amide bonds. The first-order valence-corrected chi connectivity index (χ1v) is 9.34. The Balaban J connectivity index is 1.95. The number of hydrogen-bond acceptors (Lipinski definition) is 4. The smallest absolute Gasteiger partial charge is 0.238 e. The molecule has 1 aliphatic heterocycles. The third-order valence-electron chi connectivity index (χ3n) is 3.75. The highest BCUT2D eigenvalue weighted by Crippen LogP contribution is 2.20. The van der Waals surface area contributed by atoms with E-state index in [4.69, 9.17) is 16.3 Å². The molecule has 1 saturated heterocycles. The van der Waals surface area contributed by atoms with Crippen LogP contribution in [-0.4, -0.2) is 38.8 Å². The number of amides is 1. The Hall–Kier alpha value is -1.11. The average Bonchev–Trinajstić information content (AvgIpc) is 2.99. The van der Waals surface area contributed by atoms with Crippen LogP contribution in [0.4, 0.5) is 0 Å². The zero-order chi connectivity index (χ0) is 16.2. The Morgan fingerprint density at radius 3 is 2.82 bits per heavy atom. The number of hydrogen-bond donors (Lipinski definition) is 1. The topological polar surface area (TPSA) is 72.5 Å². The van der Waals surface area contributed by atoms with Crippen molar-refractivity contribution >= 4 is 27.3 Å². The monoisotopic (exact) mass is 345 g/mol. The molecule has 7 heteroatoms. The van der Waals surface area contributed by atoms with E-state index in [0.29, 0.717) is 23.7 Å². The fourth-order valence-corrected chi connectivity index (χ4v) is 3.91. The molecule has 2 rings (SSSR count). The number of carbonyl (C=O) groups excluding carboxylic acids is 1. The van der Waals surface area contributed by atoms with E-state index in [-0.39, 0.29) is 11.9 Å². The summed E-state index contributed by atoms with van der Waals surface area (Å²) >= 11 is 5.98. The molecule has 5 nitrogen and oxygen atoms in total. The molecule has 1 aromatic carbocycles. The molecule has 2 atom stereocenters. The van der Waals surface area contributed by atoms with Crippen molar-refractivity contribution in [1.82, 2.24) is 5.32 Å². The number of rotatable bonds is 6. The van der Waals surface area contributed by atoms with Crippen molar-refractivity contribution in [2.75, 3.05) is 13.2 Å². The molecular weight excluding hydrogens is 326 g/mol. The van der Waals surface area contributed by atoms with E-state index in [1.807, 2.05) is 0 Å². The van der Waals surface area contributed by atoms with Crippen molar-refractivity contribution in [3.05, 3.63) is 34.9 Å². The van der Waals surface area contributed by atoms with Gasteiger partial charge in [-0.15, -0.1) is 0 Å². The van der Waals surface area contributed by atoms with Crippen molar-refractivity contribution in [2.45, 2.75) is 36.9 Å². The van der Waals surface area contributed by atoms with Crippen LogP contribution >= 0.6 is 11.6 Å². The molecule has 1 heterocycles. The van der Waals surface area contributed by atoms with Gasteiger partial charge in [0.2, 0.25) is 5.91 Å². The summed E-state index contributed by atoms with van der Waals surface area (Å²) in [5.74, 6) is -0.746. The molecule has 122 valence electrons. The lowest BCUT2D eigenvalue weighted by Crippen LogP contribution is -2.41. The van der Waals surface area contributed by atoms with Gasteiger partial charge in [0.25, 0.3) is 0 Å². The summed E-state index contributed by atoms with van der Waals surface area (Å²) in [6.45, 7) is 2.45. The number of ether oxygens (including phenoxy) is 1. The van der Waals surface area contributed by atoms with Gasteiger partial charge in [-0.05, 0) is 31.4 Å². The fraction of sp³-hybridized carbons (Fsp3) is 0.533. The van der Waals surface area contributed by atoms with Gasteiger partial charge in [-0.1, -0.05) is 29.8 Å². The molecule has 0 spiro atoms. The number of sulfone groups is 1. The maximum atomic E-state index is 12.3. The maximum absolute atomic E-state index is 12.3. The largest absolute Gasteiger partial charge is 0.376 e. The molecule has 1 fully saturated rings. The van der Waals surface area contributed by atoms with E-state index < -0.39 is 21.0 Å². The molecule has 0 aliphatic carbocycles. The highest BCUT2D eigenvalue weighted by molar-refractivity contribution is 7.92. The van der Waals surface area contributed by atoms with Crippen molar-refractivity contribution in [3.8, 4) is 0 Å². The van der Waals surface area contributed by atoms with Crippen molar-refractivity contribution in [2.24, 2.45) is 0 Å². The van der Waals surface area contributed by atoms with Gasteiger partial charge in [0, 0.05) is 18.2 Å². The van der Waals surface area contributed by atoms with Gasteiger partial charge >= 0.3 is 0 Å². The Labute approximate surface area is 135 Å². The van der Waals surface area contributed by atoms with E-state index in [0.717, 1.165) is 12.8 Å². The number of halogens is 1. The SMILES string of the molecule is CC(C(=O)NCC1CCCO1)S(=O)(=O)Cc1ccccc1Cl. The number of nitrogens with one attached hydrogen (secondary N) is 1. The summed E-state index contributed by atoms with van der Waals surface area (Å²) in [4.78, 5) is 12.0. The number of benzene rings is 1. The summed E-state index contributed by atoms with van der Waals surface area (Å²) in [6.07, 6.45) is 1.85. The minimum Gasteiger partial charge on any atom is -0.376 e. The van der Waals surface area contributed by atoms with Gasteiger partial charge < -0.3 is 10.1 Å². The molecule has 0 radical (unpaired) electrons. The van der Waals surface area contributed by atoms with Crippen LogP contribution in [0.15, 0.2) is 24.3 Å². The highest BCUT2D eigenvalue weighted by atomic mass is 35.5. The van der Waals surface area contributed by atoms with E-state index in [9.17, 15) is 13.2 Å². The summed E-state index contributed by atoms with van der Waals surface area (Å²) in [7, 11) is -3.62. The quantitative estimate of drug-likeness (QED) is 0.855. The summed E-state index contributed by atoms with van der Waals surface area (Å²) in [6, 6.07) is 6.74. The minimum absolute atomic E-state index is 0.0116. The van der Waals surface area contributed by atoms with Crippen molar-refractivity contribution < 1.29 is 17.9 Å². The molecule has 1 aliphatic rings. The second-order valence-corrected chi connectivity index (χ2v) is 8.15. The van der Waals surface area contributed by atoms with Gasteiger partial charge in [0.05, 0.1) is 11.9 Å². The minimum atomic E-state index is -3.62. The van der Waals surface area contributed by atoms with Crippen LogP contribution in [0.3, 0.4) is 0 Å². The van der Waals surface area contributed by atoms with Crippen LogP contribution in [0, 0.1) is 0 Å². The second-order valence-electron chi connectivity index (χ2n) is 5.42. The van der Waals surface area contributed by atoms with Gasteiger partial charge in [-0.2, -0.15) is 0 Å². The molecule has 1 N–H and O–H groups in total. The van der Waals surface area contributed by atoms with E-state index in [2.05, 4.69) is 5.32 Å². The summed E-state index contributed by atoms with van der Waals surface area (Å²) in [5, 5.41) is 1.92. The second kappa shape index (κ2) is 7.44. The van der Waals surface area contributed by atoms with Crippen LogP contribution in [-0.2, 0) is 25.1 Å². The Kier molecular flexibility index (Phi) is 5.83. The van der Waals surface area contributed by atoms with Crippen LogP contribution in [0.2, 0.25) is 5.02 Å². The first-order chi connectivity index (χ1) is 10.4. The van der Waals surface area contributed by atoms with E-state index >= 15 is 0 Å². The maximum Gasteiger partial charge on any atom is 0.238 e. The van der Waals surface area contributed by atoms with Crippen LogP contribution in [0.5, 0.6) is 0 Å². The highest BCUT2D eigenvalue weighted by Gasteiger charge is 2.29. The zero-order valence-electron chi connectivity index (χ0n) is 12.4. The van der Waals surface area contributed by atoms with Crippen LogP contribution in [0.25, 0.3) is 0 Å². The lowest BCUT2D eigenvalue weighted by atomic mass is 10.2. The zero-order valence-corrected chi connectivity index (χ0v) is 14.0. The van der Waals surface area contributed by atoms with E-state index in [1.54, 1.807) is 24.3 Å². The van der Waals surface area contributed by atoms with Gasteiger partial charge in [0.1, 0.15) is 5.25 Å². The lowest BCUT2D eigenvalue weighted by Gasteiger charge is -2.16. The molecule has 0 bridgehead atoms. The third kappa shape index (κ3) is 4.44. The van der Waals surface area contributed by atoms with Gasteiger partial charge in [0.15, 0.2) is 9.84 Å². The van der Waals surface area contributed by atoms with Gasteiger partial charge in [-0.3, -0.25) is 4.79 Å². The van der Waals surface area contributed by atoms with Crippen LogP contribution in [0.1, 0.15) is 25.3 Å². The third-order valence-corrected chi connectivity index (χ3v) is 6.12. The first kappa shape index (κ1) is 17.2. The lowest BCUT2D eigenvalue weighted by molar-refractivity contribution is -0.120. The summed E-state index contributed by atoms with van der Waals surface area (Å²) in [5.41, 5.74) is 0.503. The molecule has 1 aromatic rings. The molecule has 0 saturated carbocycles. The van der Waals surface area contributed by atoms with Crippen molar-refractivity contribution in [1.29, 1.82) is 0 Å². The molecular formula is C15H20ClNO4S. The molecule has 22 heavy (non-hydrogen) atoms. The average molecular weight is 346 g/mol. The van der Waals surface area contributed by atoms with E-state index in [1.165, 1.54) is 6.92 Å². The van der Waals surface area contributed by atoms with Crippen molar-refractivity contribution in [3.63, 3.8) is 0 Å². The number of carbonyl (C=O) groups is 1. The van der Waals surface area contributed by atoms with Crippen LogP contribution < -0.4 is 5.32 Å². The predicted molar refractivity (Wildman–Crippen MR) is 85.5 cm³/mol. The fourth-order valence-electron chi connectivity index (χ4n) is 2.28. The normalized spacial score (nSPS) is 19.8.